The second-order valence-electron chi connectivity index (χ2n) is 18.3. The number of pyridine rings is 1. The van der Waals surface area contributed by atoms with Crippen molar-refractivity contribution >= 4 is 44.7 Å². The third-order valence-electron chi connectivity index (χ3n) is 14.0. The fourth-order valence-corrected chi connectivity index (χ4v) is 10.9. The molecule has 5 atom stereocenters. The van der Waals surface area contributed by atoms with Gasteiger partial charge in [0.1, 0.15) is 34.7 Å². The Hall–Kier alpha value is -4.40. The molecular formula is C42H53N5O9S. The van der Waals surface area contributed by atoms with Crippen LogP contribution < -0.4 is 19.5 Å². The van der Waals surface area contributed by atoms with Gasteiger partial charge in [0.15, 0.2) is 0 Å². The number of ether oxygens (including phenoxy) is 2. The number of benzene rings is 1. The Balaban J connectivity index is 1.10. The highest BCUT2D eigenvalue weighted by Crippen LogP contribution is 2.53. The van der Waals surface area contributed by atoms with E-state index < -0.39 is 73.3 Å². The lowest BCUT2D eigenvalue weighted by Crippen LogP contribution is -2.60. The largest absolute Gasteiger partial charge is 0.497 e. The molecule has 0 unspecified atom stereocenters. The first-order chi connectivity index (χ1) is 27.1. The van der Waals surface area contributed by atoms with Gasteiger partial charge in [-0.3, -0.25) is 24.0 Å². The summed E-state index contributed by atoms with van der Waals surface area (Å²) in [4.78, 5) is 64.9. The molecule has 4 heterocycles. The first-order valence-electron chi connectivity index (χ1n) is 20.7. The zero-order chi connectivity index (χ0) is 40.1. The van der Waals surface area contributed by atoms with Crippen LogP contribution >= 0.6 is 0 Å². The molecule has 3 aliphatic heterocycles. The van der Waals surface area contributed by atoms with E-state index in [4.69, 9.17) is 14.5 Å². The van der Waals surface area contributed by atoms with Crippen molar-refractivity contribution in [3.05, 3.63) is 41.6 Å². The zero-order valence-electron chi connectivity index (χ0n) is 33.0. The predicted molar refractivity (Wildman–Crippen MR) is 209 cm³/mol. The van der Waals surface area contributed by atoms with Gasteiger partial charge in [-0.05, 0) is 103 Å². The summed E-state index contributed by atoms with van der Waals surface area (Å²) in [6.07, 6.45) is 11.4. The van der Waals surface area contributed by atoms with E-state index in [-0.39, 0.29) is 25.3 Å². The van der Waals surface area contributed by atoms with Gasteiger partial charge in [0.05, 0.1) is 29.6 Å². The van der Waals surface area contributed by atoms with E-state index in [9.17, 15) is 27.9 Å². The average molecular weight is 804 g/mol. The Morgan fingerprint density at radius 3 is 2.51 bits per heavy atom. The summed E-state index contributed by atoms with van der Waals surface area (Å²) in [5.41, 5.74) is -0.493. The SMILES string of the molecule is COc1ccc2c3c(c(C4CC4)nc2c1)O[C@]1(CC3)C[C@H]2C(=O)N[C@]3(C(=O)NS(=O)(=O)C4(C)CC4)C[C@H]3/C=C\CCCCC[C@H](N(C(=O)O)C3(C)CC3)C(=O)N2C1. The number of aryl methyl sites for hydroxylation is 1. The van der Waals surface area contributed by atoms with Crippen LogP contribution in [-0.4, -0.2) is 99.3 Å². The minimum atomic E-state index is -4.00. The van der Waals surface area contributed by atoms with Crippen molar-refractivity contribution in [2.45, 2.75) is 150 Å². The summed E-state index contributed by atoms with van der Waals surface area (Å²) in [6.45, 7) is 3.51. The predicted octanol–water partition coefficient (Wildman–Crippen LogP) is 5.08. The molecule has 7 aliphatic rings. The van der Waals surface area contributed by atoms with Crippen molar-refractivity contribution in [1.82, 2.24) is 24.8 Å². The van der Waals surface area contributed by atoms with Crippen LogP contribution in [-0.2, 0) is 30.8 Å². The number of carbonyl (C=O) groups is 4. The molecule has 306 valence electrons. The Labute approximate surface area is 333 Å². The molecule has 0 bridgehead atoms. The number of hydrogen-bond acceptors (Lipinski definition) is 9. The summed E-state index contributed by atoms with van der Waals surface area (Å²) in [5.74, 6) is -0.637. The molecule has 15 heteroatoms. The third kappa shape index (κ3) is 6.61. The van der Waals surface area contributed by atoms with E-state index in [1.54, 1.807) is 14.0 Å². The van der Waals surface area contributed by atoms with E-state index in [2.05, 4.69) is 10.0 Å². The molecule has 1 spiro atoms. The molecule has 2 aromatic rings. The minimum absolute atomic E-state index is 0.0457. The minimum Gasteiger partial charge on any atom is -0.497 e. The number of allylic oxidation sites excluding steroid dienone is 1. The molecule has 9 rings (SSSR count). The van der Waals surface area contributed by atoms with Gasteiger partial charge in [0, 0.05) is 40.8 Å². The Kier molecular flexibility index (Phi) is 8.91. The van der Waals surface area contributed by atoms with Gasteiger partial charge in [0.25, 0.3) is 5.91 Å². The maximum Gasteiger partial charge on any atom is 0.408 e. The van der Waals surface area contributed by atoms with Crippen molar-refractivity contribution in [1.29, 1.82) is 0 Å². The summed E-state index contributed by atoms with van der Waals surface area (Å²) < 4.78 is 40.4. The second kappa shape index (κ2) is 13.3. The van der Waals surface area contributed by atoms with E-state index in [1.165, 1.54) is 9.80 Å². The lowest BCUT2D eigenvalue weighted by atomic mass is 9.86. The number of nitrogens with one attached hydrogen (secondary N) is 2. The number of carboxylic acid groups (broad SMARTS) is 1. The van der Waals surface area contributed by atoms with Crippen molar-refractivity contribution in [2.75, 3.05) is 13.7 Å². The van der Waals surface area contributed by atoms with Crippen molar-refractivity contribution in [3.63, 3.8) is 0 Å². The molecule has 4 saturated carbocycles. The van der Waals surface area contributed by atoms with Crippen molar-refractivity contribution in [3.8, 4) is 11.5 Å². The van der Waals surface area contributed by atoms with Crippen LogP contribution in [0, 0.1) is 5.92 Å². The van der Waals surface area contributed by atoms with Gasteiger partial charge in [-0.2, -0.15) is 0 Å². The van der Waals surface area contributed by atoms with Gasteiger partial charge >= 0.3 is 6.09 Å². The van der Waals surface area contributed by atoms with Gasteiger partial charge < -0.3 is 24.8 Å². The number of amides is 4. The number of aromatic nitrogens is 1. The molecule has 1 aromatic carbocycles. The number of carbonyl (C=O) groups excluding carboxylic acids is 3. The topological polar surface area (TPSA) is 185 Å². The number of fused-ring (bicyclic) bond motifs is 5. The highest BCUT2D eigenvalue weighted by Gasteiger charge is 2.64. The van der Waals surface area contributed by atoms with E-state index in [1.807, 2.05) is 37.3 Å². The second-order valence-corrected chi connectivity index (χ2v) is 20.5. The van der Waals surface area contributed by atoms with Gasteiger partial charge in [-0.15, -0.1) is 0 Å². The number of sulfonamides is 1. The van der Waals surface area contributed by atoms with Crippen LogP contribution in [0.5, 0.6) is 11.5 Å². The molecule has 4 amide bonds. The lowest BCUT2D eigenvalue weighted by Gasteiger charge is -2.39. The molecule has 14 nitrogen and oxygen atoms in total. The lowest BCUT2D eigenvalue weighted by molar-refractivity contribution is -0.144. The summed E-state index contributed by atoms with van der Waals surface area (Å²) >= 11 is 0. The van der Waals surface area contributed by atoms with Crippen molar-refractivity contribution < 1.29 is 42.2 Å². The first kappa shape index (κ1) is 38.1. The summed E-state index contributed by atoms with van der Waals surface area (Å²) in [6, 6.07) is 3.70. The first-order valence-corrected chi connectivity index (χ1v) is 22.2. The highest BCUT2D eigenvalue weighted by atomic mass is 32.2. The standard InChI is InChI=1S/C42H53N5O9S/c1-39(17-18-39)47(38(51)52)31-10-8-6-4-5-7-9-26-22-42(26,37(50)45-57(53,54)40(2)19-20-40)44-35(48)32-23-41(24-46(32)36(31)49)16-15-29-28-14-13-27(55-3)21-30(28)43-33(25-11-12-25)34(29)56-41/h7,9,13-14,21,25-26,31-32H,4-6,8,10-12,15-20,22-24H2,1-3H3,(H,44,48)(H,45,50)(H,51,52)/b9-7-/t26-,31+,32+,41-,42-/m1/s1. The summed E-state index contributed by atoms with van der Waals surface area (Å²) in [5, 5.41) is 14.5. The molecule has 1 aromatic heterocycles. The van der Waals surface area contributed by atoms with E-state index >= 15 is 4.79 Å². The highest BCUT2D eigenvalue weighted by molar-refractivity contribution is 7.91. The number of hydrogen-bond donors (Lipinski definition) is 3. The van der Waals surface area contributed by atoms with Gasteiger partial charge in [0.2, 0.25) is 21.8 Å². The molecule has 57 heavy (non-hydrogen) atoms. The van der Waals surface area contributed by atoms with E-state index in [0.717, 1.165) is 47.8 Å². The Morgan fingerprint density at radius 2 is 1.82 bits per heavy atom. The molecule has 4 aliphatic carbocycles. The molecular weight excluding hydrogens is 751 g/mol. The molecule has 1 saturated heterocycles. The fraction of sp³-hybridized carbons (Fsp3) is 0.643. The molecule has 5 fully saturated rings. The summed E-state index contributed by atoms with van der Waals surface area (Å²) in [7, 11) is -2.38. The Morgan fingerprint density at radius 1 is 1.05 bits per heavy atom. The number of methoxy groups -OCH3 is 1. The Bertz CT molecular complexity index is 2200. The average Bonchev–Trinajstić information content (AvgIpc) is 3.99. The van der Waals surface area contributed by atoms with Crippen LogP contribution in [0.25, 0.3) is 10.9 Å². The normalized spacial score (nSPS) is 32.0. The monoisotopic (exact) mass is 803 g/mol. The quantitative estimate of drug-likeness (QED) is 0.319. The van der Waals surface area contributed by atoms with Crippen LogP contribution in [0.15, 0.2) is 30.4 Å². The van der Waals surface area contributed by atoms with Crippen LogP contribution in [0.4, 0.5) is 4.79 Å². The van der Waals surface area contributed by atoms with Crippen LogP contribution in [0.2, 0.25) is 0 Å². The van der Waals surface area contributed by atoms with E-state index in [0.29, 0.717) is 69.3 Å². The zero-order valence-corrected chi connectivity index (χ0v) is 33.8. The van der Waals surface area contributed by atoms with Crippen molar-refractivity contribution in [2.24, 2.45) is 5.92 Å². The molecule has 3 N–H and O–H groups in total. The fourth-order valence-electron chi connectivity index (χ4n) is 9.55. The number of nitrogens with zero attached hydrogens (tertiary/aromatic N) is 3. The van der Waals surface area contributed by atoms with Gasteiger partial charge in [-0.25, -0.2) is 18.2 Å². The van der Waals surface area contributed by atoms with Gasteiger partial charge in [-0.1, -0.05) is 25.0 Å². The number of rotatable bonds is 7. The molecule has 0 radical (unpaired) electrons. The third-order valence-corrected chi connectivity index (χ3v) is 16.2. The maximum absolute atomic E-state index is 15.1. The van der Waals surface area contributed by atoms with Crippen LogP contribution in [0.3, 0.4) is 0 Å². The smallest absolute Gasteiger partial charge is 0.408 e. The maximum atomic E-state index is 15.1. The van der Waals surface area contributed by atoms with Crippen LogP contribution in [0.1, 0.15) is 121 Å².